The topological polar surface area (TPSA) is 82.4 Å². The van der Waals surface area contributed by atoms with Crippen molar-refractivity contribution in [3.8, 4) is 11.9 Å². The minimum absolute atomic E-state index is 0.0488. The van der Waals surface area contributed by atoms with Gasteiger partial charge in [-0.25, -0.2) is 9.97 Å². The molecule has 1 fully saturated rings. The van der Waals surface area contributed by atoms with E-state index in [0.29, 0.717) is 30.1 Å². The van der Waals surface area contributed by atoms with Crippen molar-refractivity contribution in [3.63, 3.8) is 0 Å². The molecular weight excluding hydrogens is 318 g/mol. The largest absolute Gasteiger partial charge is 0.472 e. The van der Waals surface area contributed by atoms with E-state index in [0.717, 1.165) is 12.2 Å². The van der Waals surface area contributed by atoms with Crippen molar-refractivity contribution in [3.05, 3.63) is 47.8 Å². The van der Waals surface area contributed by atoms with Crippen LogP contribution in [-0.4, -0.2) is 54.1 Å². The first-order valence-electron chi connectivity index (χ1n) is 8.02. The Labute approximate surface area is 146 Å². The van der Waals surface area contributed by atoms with Gasteiger partial charge < -0.3 is 14.5 Å². The monoisotopic (exact) mass is 337 g/mol. The van der Waals surface area contributed by atoms with Crippen LogP contribution in [0.1, 0.15) is 22.3 Å². The first-order valence-corrected chi connectivity index (χ1v) is 8.02. The van der Waals surface area contributed by atoms with Crippen LogP contribution in [0.2, 0.25) is 0 Å². The van der Waals surface area contributed by atoms with Gasteiger partial charge in [-0.1, -0.05) is 0 Å². The highest BCUT2D eigenvalue weighted by Gasteiger charge is 2.28. The van der Waals surface area contributed by atoms with E-state index in [1.807, 2.05) is 25.1 Å². The Bertz CT molecular complexity index is 798. The van der Waals surface area contributed by atoms with Gasteiger partial charge in [0, 0.05) is 38.7 Å². The Morgan fingerprint density at radius 1 is 1.32 bits per heavy atom. The van der Waals surface area contributed by atoms with E-state index in [2.05, 4.69) is 9.97 Å². The predicted octanol–water partition coefficient (Wildman–Crippen LogP) is 1.71. The molecular formula is C18H19N5O2. The first-order chi connectivity index (χ1) is 12.1. The van der Waals surface area contributed by atoms with Crippen molar-refractivity contribution in [2.45, 2.75) is 12.5 Å². The molecule has 1 aliphatic rings. The van der Waals surface area contributed by atoms with Crippen molar-refractivity contribution < 1.29 is 9.53 Å². The number of nitriles is 1. The summed E-state index contributed by atoms with van der Waals surface area (Å²) in [7, 11) is 3.80. The lowest BCUT2D eigenvalue weighted by Gasteiger charge is -2.17. The van der Waals surface area contributed by atoms with Crippen LogP contribution in [0.3, 0.4) is 0 Å². The molecule has 1 amide bonds. The molecule has 7 heteroatoms. The Morgan fingerprint density at radius 2 is 2.08 bits per heavy atom. The van der Waals surface area contributed by atoms with Crippen LogP contribution < -0.4 is 9.64 Å². The number of hydrogen-bond acceptors (Lipinski definition) is 6. The highest BCUT2D eigenvalue weighted by molar-refractivity contribution is 5.94. The molecule has 0 aliphatic carbocycles. The molecule has 1 unspecified atom stereocenters. The maximum absolute atomic E-state index is 12.5. The van der Waals surface area contributed by atoms with Gasteiger partial charge in [-0.15, -0.1) is 0 Å². The van der Waals surface area contributed by atoms with E-state index < -0.39 is 0 Å². The number of amides is 1. The number of ether oxygens (including phenoxy) is 1. The fraction of sp³-hybridized carbons (Fsp3) is 0.333. The lowest BCUT2D eigenvalue weighted by molar-refractivity contribution is 0.0771. The summed E-state index contributed by atoms with van der Waals surface area (Å²) in [6.45, 7) is 1.15. The summed E-state index contributed by atoms with van der Waals surface area (Å²) in [5, 5.41) is 8.83. The Hall–Kier alpha value is -3.14. The van der Waals surface area contributed by atoms with E-state index in [-0.39, 0.29) is 12.0 Å². The highest BCUT2D eigenvalue weighted by Crippen LogP contribution is 2.20. The van der Waals surface area contributed by atoms with Gasteiger partial charge in [-0.05, 0) is 24.3 Å². The summed E-state index contributed by atoms with van der Waals surface area (Å²) < 4.78 is 5.90. The zero-order valence-corrected chi connectivity index (χ0v) is 14.2. The second-order valence-electron chi connectivity index (χ2n) is 6.08. The van der Waals surface area contributed by atoms with Crippen molar-refractivity contribution >= 4 is 11.7 Å². The van der Waals surface area contributed by atoms with Crippen molar-refractivity contribution in [2.24, 2.45) is 0 Å². The molecule has 0 radical (unpaired) electrons. The zero-order valence-electron chi connectivity index (χ0n) is 14.2. The standard InChI is InChI=1S/C18H19N5O2/c1-22(2)16-9-17(21-12-20-16)25-15-7-8-23(11-15)18(24)14-5-3-13(10-19)4-6-14/h3-6,9,12,15H,7-8,11H2,1-2H3. The van der Waals surface area contributed by atoms with E-state index in [1.165, 1.54) is 6.33 Å². The second kappa shape index (κ2) is 7.18. The molecule has 0 spiro atoms. The molecule has 3 rings (SSSR count). The maximum atomic E-state index is 12.5. The molecule has 1 aliphatic heterocycles. The first kappa shape index (κ1) is 16.7. The Balaban J connectivity index is 1.62. The van der Waals surface area contributed by atoms with Crippen molar-refractivity contribution in [1.82, 2.24) is 14.9 Å². The molecule has 1 aromatic carbocycles. The van der Waals surface area contributed by atoms with Gasteiger partial charge in [0.2, 0.25) is 5.88 Å². The van der Waals surface area contributed by atoms with E-state index in [9.17, 15) is 4.79 Å². The van der Waals surface area contributed by atoms with Crippen LogP contribution in [0, 0.1) is 11.3 Å². The van der Waals surface area contributed by atoms with Crippen molar-refractivity contribution in [2.75, 3.05) is 32.1 Å². The average Bonchev–Trinajstić information content (AvgIpc) is 3.10. The molecule has 7 nitrogen and oxygen atoms in total. The number of benzene rings is 1. The molecule has 0 bridgehead atoms. The number of carbonyl (C=O) groups excluding carboxylic acids is 1. The number of hydrogen-bond donors (Lipinski definition) is 0. The Kier molecular flexibility index (Phi) is 4.80. The smallest absolute Gasteiger partial charge is 0.253 e. The zero-order chi connectivity index (χ0) is 17.8. The van der Waals surface area contributed by atoms with E-state index in [4.69, 9.17) is 10.00 Å². The minimum Gasteiger partial charge on any atom is -0.472 e. The number of nitrogens with zero attached hydrogens (tertiary/aromatic N) is 5. The SMILES string of the molecule is CN(C)c1cc(OC2CCN(C(=O)c3ccc(C#N)cc3)C2)ncn1. The summed E-state index contributed by atoms with van der Waals surface area (Å²) in [6, 6.07) is 10.5. The van der Waals surface area contributed by atoms with Gasteiger partial charge in [0.1, 0.15) is 18.2 Å². The van der Waals surface area contributed by atoms with Crippen LogP contribution >= 0.6 is 0 Å². The highest BCUT2D eigenvalue weighted by atomic mass is 16.5. The van der Waals surface area contributed by atoms with Crippen LogP contribution in [-0.2, 0) is 0 Å². The Morgan fingerprint density at radius 3 is 2.76 bits per heavy atom. The molecule has 1 atom stereocenters. The van der Waals surface area contributed by atoms with Gasteiger partial charge in [0.25, 0.3) is 5.91 Å². The van der Waals surface area contributed by atoms with E-state index >= 15 is 0 Å². The maximum Gasteiger partial charge on any atom is 0.253 e. The van der Waals surface area contributed by atoms with Crippen LogP contribution in [0.4, 0.5) is 5.82 Å². The van der Waals surface area contributed by atoms with E-state index in [1.54, 1.807) is 35.2 Å². The van der Waals surface area contributed by atoms with Gasteiger partial charge in [-0.2, -0.15) is 5.26 Å². The van der Waals surface area contributed by atoms with Crippen LogP contribution in [0.25, 0.3) is 0 Å². The van der Waals surface area contributed by atoms with Gasteiger partial charge >= 0.3 is 0 Å². The van der Waals surface area contributed by atoms with Crippen LogP contribution in [0.15, 0.2) is 36.7 Å². The molecule has 1 saturated heterocycles. The third-order valence-electron chi connectivity index (χ3n) is 4.07. The summed E-state index contributed by atoms with van der Waals surface area (Å²) in [5.74, 6) is 1.23. The number of carbonyl (C=O) groups is 1. The van der Waals surface area contributed by atoms with Gasteiger partial charge in [-0.3, -0.25) is 4.79 Å². The number of likely N-dealkylation sites (tertiary alicyclic amines) is 1. The molecule has 0 saturated carbocycles. The number of rotatable bonds is 4. The third-order valence-corrected chi connectivity index (χ3v) is 4.07. The number of anilines is 1. The van der Waals surface area contributed by atoms with Gasteiger partial charge in [0.15, 0.2) is 0 Å². The molecule has 0 N–H and O–H groups in total. The van der Waals surface area contributed by atoms with Crippen LogP contribution in [0.5, 0.6) is 5.88 Å². The second-order valence-corrected chi connectivity index (χ2v) is 6.08. The molecule has 1 aromatic heterocycles. The summed E-state index contributed by atoms with van der Waals surface area (Å²) in [4.78, 5) is 24.5. The molecule has 128 valence electrons. The fourth-order valence-corrected chi connectivity index (χ4v) is 2.69. The molecule has 2 heterocycles. The lowest BCUT2D eigenvalue weighted by Crippen LogP contribution is -2.31. The summed E-state index contributed by atoms with van der Waals surface area (Å²) in [6.07, 6.45) is 2.13. The summed E-state index contributed by atoms with van der Waals surface area (Å²) in [5.41, 5.74) is 1.12. The predicted molar refractivity (Wildman–Crippen MR) is 92.5 cm³/mol. The summed E-state index contributed by atoms with van der Waals surface area (Å²) >= 11 is 0. The minimum atomic E-state index is -0.0905. The quantitative estimate of drug-likeness (QED) is 0.845. The normalized spacial score (nSPS) is 16.4. The molecule has 2 aromatic rings. The van der Waals surface area contributed by atoms with Crippen molar-refractivity contribution in [1.29, 1.82) is 5.26 Å². The average molecular weight is 337 g/mol. The van der Waals surface area contributed by atoms with Gasteiger partial charge in [0.05, 0.1) is 18.2 Å². The fourth-order valence-electron chi connectivity index (χ4n) is 2.69. The lowest BCUT2D eigenvalue weighted by atomic mass is 10.1. The third kappa shape index (κ3) is 3.86. The molecule has 25 heavy (non-hydrogen) atoms. The number of aromatic nitrogens is 2.